The number of alkyl halides is 17. The smallest absolute Gasteiger partial charge is 0.449 e. The summed E-state index contributed by atoms with van der Waals surface area (Å²) in [5.41, 5.74) is -22.6. The van der Waals surface area contributed by atoms with E-state index in [2.05, 4.69) is 4.74 Å². The maximum Gasteiger partial charge on any atom is 0.449 e. The normalized spacial score (nSPS) is 14.9. The topological polar surface area (TPSA) is 86.7 Å². The van der Waals surface area contributed by atoms with Gasteiger partial charge in [-0.15, -0.1) is 0 Å². The highest BCUT2D eigenvalue weighted by Gasteiger charge is 2.88. The van der Waals surface area contributed by atoms with E-state index in [1.165, 1.54) is 0 Å². The molecule has 1 aromatic carbocycles. The van der Waals surface area contributed by atoms with Crippen molar-refractivity contribution in [3.8, 4) is 11.5 Å². The fraction of sp³-hybridized carbons (Fsp3) is 0.467. The van der Waals surface area contributed by atoms with Gasteiger partial charge in [-0.05, 0) is 12.1 Å². The van der Waals surface area contributed by atoms with Crippen molar-refractivity contribution >= 4 is 10.1 Å². The first-order valence-electron chi connectivity index (χ1n) is 8.29. The Kier molecular flexibility index (Phi) is 8.05. The molecular weight excluding hydrogens is 615 g/mol. The molecule has 0 aliphatic rings. The lowest BCUT2D eigenvalue weighted by Crippen LogP contribution is -2.67. The zero-order valence-electron chi connectivity index (χ0n) is 16.6. The van der Waals surface area contributed by atoms with Gasteiger partial charge in [-0.25, -0.2) is 17.2 Å². The molecular formula is C15H4F17O5S-. The Bertz CT molecular complexity index is 1120. The van der Waals surface area contributed by atoms with Crippen LogP contribution in [0, 0.1) is 0 Å². The van der Waals surface area contributed by atoms with Gasteiger partial charge >= 0.3 is 42.2 Å². The van der Waals surface area contributed by atoms with Crippen LogP contribution >= 0.6 is 0 Å². The molecule has 0 aromatic heterocycles. The summed E-state index contributed by atoms with van der Waals surface area (Å²) in [5.74, 6) is -9.14. The third-order valence-electron chi connectivity index (χ3n) is 4.16. The Hall–Kier alpha value is -2.72. The Morgan fingerprint density at radius 2 is 1.03 bits per heavy atom. The number of benzene rings is 1. The molecule has 0 saturated carbocycles. The third kappa shape index (κ3) is 5.66. The average molecular weight is 619 g/mol. The molecule has 220 valence electrons. The van der Waals surface area contributed by atoms with Gasteiger partial charge in [-0.3, -0.25) is 0 Å². The highest BCUT2D eigenvalue weighted by Crippen LogP contribution is 2.63. The number of phenolic OH excluding ortho intramolecular Hbond substituents is 1. The summed E-state index contributed by atoms with van der Waals surface area (Å²) < 4.78 is 262. The standard InChI is InChI=1S/C15H5F17O5S/c16-9(12(21,22)23,13(24,25)26)7(10(17,14(27,28)29)15(30,31)32)8(11(18,19)20)37-4-1-2-6(5(33)3-4)38(34,35)36/h1-3,33H,(H,34,35,36)/p-1. The first-order chi connectivity index (χ1) is 16.3. The average Bonchev–Trinajstić information content (AvgIpc) is 2.61. The molecule has 0 saturated heterocycles. The van der Waals surface area contributed by atoms with E-state index in [1.807, 2.05) is 0 Å². The molecule has 1 N–H and O–H groups in total. The van der Waals surface area contributed by atoms with Crippen LogP contribution in [-0.2, 0) is 10.1 Å². The van der Waals surface area contributed by atoms with E-state index >= 15 is 0 Å². The van der Waals surface area contributed by atoms with Crippen LogP contribution in [0.1, 0.15) is 0 Å². The molecule has 38 heavy (non-hydrogen) atoms. The first kappa shape index (κ1) is 33.3. The zero-order valence-corrected chi connectivity index (χ0v) is 17.5. The van der Waals surface area contributed by atoms with Gasteiger partial charge in [0.1, 0.15) is 21.6 Å². The Morgan fingerprint density at radius 1 is 0.684 bits per heavy atom. The summed E-state index contributed by atoms with van der Waals surface area (Å²) in [6.45, 7) is 0. The third-order valence-corrected chi connectivity index (χ3v) is 5.04. The summed E-state index contributed by atoms with van der Waals surface area (Å²) in [5, 5.41) is 9.29. The van der Waals surface area contributed by atoms with Gasteiger partial charge < -0.3 is 14.4 Å². The SMILES string of the molecule is O=S(=O)([O-])c1ccc(OC(=C(C(F)(C(F)(F)F)C(F)(F)F)C(F)(C(F)(F)F)C(F)(F)F)C(F)(F)F)cc1O. The molecule has 1 aromatic rings. The van der Waals surface area contributed by atoms with Gasteiger partial charge in [0, 0.05) is 6.07 Å². The molecule has 0 radical (unpaired) electrons. The van der Waals surface area contributed by atoms with Crippen molar-refractivity contribution < 1.29 is 97.5 Å². The van der Waals surface area contributed by atoms with Crippen molar-refractivity contribution in [1.82, 2.24) is 0 Å². The summed E-state index contributed by atoms with van der Waals surface area (Å²) >= 11 is 0. The number of halogens is 17. The van der Waals surface area contributed by atoms with Crippen LogP contribution in [0.5, 0.6) is 11.5 Å². The largest absolute Gasteiger partial charge is 0.744 e. The highest BCUT2D eigenvalue weighted by atomic mass is 32.2. The van der Waals surface area contributed by atoms with E-state index in [0.29, 0.717) is 0 Å². The van der Waals surface area contributed by atoms with Crippen LogP contribution in [0.2, 0.25) is 0 Å². The summed E-state index contributed by atoms with van der Waals surface area (Å²) in [4.78, 5) is -1.81. The number of phenols is 1. The number of hydrogen-bond acceptors (Lipinski definition) is 5. The second-order valence-electron chi connectivity index (χ2n) is 6.70. The molecule has 0 spiro atoms. The molecule has 0 unspecified atom stereocenters. The van der Waals surface area contributed by atoms with E-state index < -0.39 is 92.2 Å². The van der Waals surface area contributed by atoms with Gasteiger partial charge in [0.15, 0.2) is 0 Å². The summed E-state index contributed by atoms with van der Waals surface area (Å²) in [7, 11) is -5.75. The van der Waals surface area contributed by atoms with Crippen molar-refractivity contribution in [3.05, 3.63) is 29.5 Å². The number of ether oxygens (including phenoxy) is 1. The molecule has 0 heterocycles. The molecule has 0 aliphatic heterocycles. The monoisotopic (exact) mass is 619 g/mol. The van der Waals surface area contributed by atoms with E-state index in [0.717, 1.165) is 0 Å². The van der Waals surface area contributed by atoms with E-state index in [-0.39, 0.29) is 6.07 Å². The quantitative estimate of drug-likeness (QED) is 0.243. The van der Waals surface area contributed by atoms with Crippen molar-refractivity contribution in [2.75, 3.05) is 0 Å². The molecule has 1 rings (SSSR count). The van der Waals surface area contributed by atoms with Crippen molar-refractivity contribution in [1.29, 1.82) is 0 Å². The van der Waals surface area contributed by atoms with Crippen LogP contribution in [-0.4, -0.2) is 60.3 Å². The lowest BCUT2D eigenvalue weighted by Gasteiger charge is -2.41. The van der Waals surface area contributed by atoms with E-state index in [4.69, 9.17) is 0 Å². The molecule has 5 nitrogen and oxygen atoms in total. The van der Waals surface area contributed by atoms with Crippen molar-refractivity contribution in [2.45, 2.75) is 47.1 Å². The van der Waals surface area contributed by atoms with Gasteiger partial charge in [-0.1, -0.05) is 0 Å². The van der Waals surface area contributed by atoms with Crippen LogP contribution in [0.15, 0.2) is 34.4 Å². The minimum Gasteiger partial charge on any atom is -0.744 e. The molecule has 0 fully saturated rings. The Morgan fingerprint density at radius 3 is 1.26 bits per heavy atom. The fourth-order valence-electron chi connectivity index (χ4n) is 2.58. The van der Waals surface area contributed by atoms with Gasteiger partial charge in [0.2, 0.25) is 5.76 Å². The summed E-state index contributed by atoms with van der Waals surface area (Å²) in [6, 6.07) is -1.39. The Balaban J connectivity index is 4.52. The first-order valence-corrected chi connectivity index (χ1v) is 9.69. The van der Waals surface area contributed by atoms with Gasteiger partial charge in [-0.2, -0.15) is 65.9 Å². The molecule has 0 atom stereocenters. The van der Waals surface area contributed by atoms with E-state index in [1.54, 1.807) is 0 Å². The second-order valence-corrected chi connectivity index (χ2v) is 8.04. The number of hydrogen-bond donors (Lipinski definition) is 1. The minimum absolute atomic E-state index is 0.326. The summed E-state index contributed by atoms with van der Waals surface area (Å²) in [6.07, 6.45) is -40.3. The molecule has 0 amide bonds. The fourth-order valence-corrected chi connectivity index (χ4v) is 3.13. The van der Waals surface area contributed by atoms with Crippen molar-refractivity contribution in [3.63, 3.8) is 0 Å². The predicted molar refractivity (Wildman–Crippen MR) is 81.7 cm³/mol. The van der Waals surface area contributed by atoms with Crippen molar-refractivity contribution in [2.24, 2.45) is 0 Å². The molecule has 0 aliphatic carbocycles. The highest BCUT2D eigenvalue weighted by molar-refractivity contribution is 7.85. The predicted octanol–water partition coefficient (Wildman–Crippen LogP) is 6.16. The van der Waals surface area contributed by atoms with Gasteiger partial charge in [0.25, 0.3) is 0 Å². The van der Waals surface area contributed by atoms with Gasteiger partial charge in [0.05, 0.1) is 10.5 Å². The van der Waals surface area contributed by atoms with E-state index in [9.17, 15) is 92.7 Å². The van der Waals surface area contributed by atoms with Crippen LogP contribution in [0.25, 0.3) is 0 Å². The van der Waals surface area contributed by atoms with Crippen LogP contribution in [0.4, 0.5) is 74.6 Å². The lowest BCUT2D eigenvalue weighted by atomic mass is 9.79. The molecule has 23 heteroatoms. The lowest BCUT2D eigenvalue weighted by molar-refractivity contribution is -0.365. The molecule has 0 bridgehead atoms. The number of aromatic hydroxyl groups is 1. The second kappa shape index (κ2) is 9.19. The van der Waals surface area contributed by atoms with Crippen LogP contribution in [0.3, 0.4) is 0 Å². The Labute approximate surface area is 196 Å². The zero-order chi connectivity index (χ0) is 30.7. The van der Waals surface area contributed by atoms with Crippen LogP contribution < -0.4 is 4.74 Å². The number of rotatable bonds is 5. The maximum absolute atomic E-state index is 14.5. The number of allylic oxidation sites excluding steroid dienone is 2. The maximum atomic E-state index is 14.5. The minimum atomic E-state index is -8.41.